The molecule has 2 spiro atoms. The average Bonchev–Trinajstić information content (AvgIpc) is 3.81. The summed E-state index contributed by atoms with van der Waals surface area (Å²) < 4.78 is 42.6. The Kier molecular flexibility index (Phi) is 5.80. The van der Waals surface area contributed by atoms with E-state index in [9.17, 15) is 19.8 Å². The van der Waals surface area contributed by atoms with E-state index in [4.69, 9.17) is 33.2 Å². The van der Waals surface area contributed by atoms with Crippen LogP contribution in [-0.4, -0.2) is 108 Å². The Balaban J connectivity index is 1.25. The van der Waals surface area contributed by atoms with E-state index in [0.717, 1.165) is 6.42 Å². The van der Waals surface area contributed by atoms with Crippen molar-refractivity contribution in [3.63, 3.8) is 0 Å². The van der Waals surface area contributed by atoms with Crippen molar-refractivity contribution in [2.24, 2.45) is 10.8 Å². The first kappa shape index (κ1) is 27.0. The van der Waals surface area contributed by atoms with Crippen molar-refractivity contribution in [2.75, 3.05) is 19.8 Å². The summed E-state index contributed by atoms with van der Waals surface area (Å²) in [5, 5.41) is 20.9. The smallest absolute Gasteiger partial charge is 0.338 e. The predicted octanol–water partition coefficient (Wildman–Crippen LogP) is 0.736. The SMILES string of the molecule is C[C@H](O)[C@H]1/C=C\C=C/C(=O)O[C@@H]2C[C@H]3O[C@@H]4[C@@H]5O[C@]5(C)CC[C@]4(COC(=O)[C@H]4O[C@]4(C)[C@@H](O)CO1)[C@]2(C)[C@@]31CO1. The molecule has 2 N–H and O–H groups in total. The third-order valence-electron chi connectivity index (χ3n) is 11.1. The van der Waals surface area contributed by atoms with Crippen LogP contribution in [0.1, 0.15) is 47.0 Å². The van der Waals surface area contributed by atoms with Gasteiger partial charge in [-0.2, -0.15) is 0 Å². The van der Waals surface area contributed by atoms with Gasteiger partial charge >= 0.3 is 11.9 Å². The number of fused-ring (bicyclic) bond motifs is 3. The topological polar surface area (TPSA) is 149 Å². The highest BCUT2D eigenvalue weighted by atomic mass is 16.7. The molecular weight excluding hydrogens is 524 g/mol. The molecular formula is C29H38O11. The van der Waals surface area contributed by atoms with Crippen LogP contribution in [-0.2, 0) is 42.7 Å². The number of hydrogen-bond donors (Lipinski definition) is 2. The highest BCUT2D eigenvalue weighted by Gasteiger charge is 2.86. The zero-order valence-electron chi connectivity index (χ0n) is 23.2. The molecule has 0 aromatic rings. The molecule has 2 aliphatic carbocycles. The van der Waals surface area contributed by atoms with E-state index in [2.05, 4.69) is 13.8 Å². The highest BCUT2D eigenvalue weighted by molar-refractivity contribution is 5.82. The molecule has 7 rings (SSSR count). The van der Waals surface area contributed by atoms with Gasteiger partial charge in [0, 0.05) is 17.9 Å². The van der Waals surface area contributed by atoms with Gasteiger partial charge in [0.15, 0.2) is 6.10 Å². The van der Waals surface area contributed by atoms with Gasteiger partial charge in [0.1, 0.15) is 42.2 Å². The summed E-state index contributed by atoms with van der Waals surface area (Å²) in [6.07, 6.45) is 2.83. The quantitative estimate of drug-likeness (QED) is 0.344. The van der Waals surface area contributed by atoms with Crippen LogP contribution in [0.2, 0.25) is 0 Å². The lowest BCUT2D eigenvalue weighted by Crippen LogP contribution is -2.69. The zero-order valence-corrected chi connectivity index (χ0v) is 23.2. The van der Waals surface area contributed by atoms with E-state index in [1.54, 1.807) is 26.0 Å². The van der Waals surface area contributed by atoms with Crippen LogP contribution in [0.25, 0.3) is 0 Å². The molecule has 0 radical (unpaired) electrons. The first-order valence-corrected chi connectivity index (χ1v) is 14.3. The van der Waals surface area contributed by atoms with Crippen molar-refractivity contribution in [1.29, 1.82) is 0 Å². The molecule has 220 valence electrons. The maximum absolute atomic E-state index is 13.4. The first-order chi connectivity index (χ1) is 18.9. The molecule has 4 saturated heterocycles. The van der Waals surface area contributed by atoms with Gasteiger partial charge in [-0.05, 0) is 33.6 Å². The number of aliphatic hydroxyl groups is 2. The number of hydrogen-bond acceptors (Lipinski definition) is 11. The van der Waals surface area contributed by atoms with Gasteiger partial charge < -0.3 is 43.4 Å². The van der Waals surface area contributed by atoms with Gasteiger partial charge in [-0.15, -0.1) is 0 Å². The Morgan fingerprint density at radius 1 is 1.02 bits per heavy atom. The summed E-state index contributed by atoms with van der Waals surface area (Å²) in [6, 6.07) is 0. The van der Waals surface area contributed by atoms with Crippen LogP contribution >= 0.6 is 0 Å². The first-order valence-electron chi connectivity index (χ1n) is 14.3. The fraction of sp³-hybridized carbons (Fsp3) is 0.793. The molecule has 40 heavy (non-hydrogen) atoms. The third-order valence-corrected chi connectivity index (χ3v) is 11.1. The van der Waals surface area contributed by atoms with Crippen LogP contribution in [0.3, 0.4) is 0 Å². The van der Waals surface area contributed by atoms with Crippen molar-refractivity contribution in [3.05, 3.63) is 24.3 Å². The minimum absolute atomic E-state index is 0.0139. The number of rotatable bonds is 1. The second-order valence-electron chi connectivity index (χ2n) is 13.2. The van der Waals surface area contributed by atoms with Crippen LogP contribution in [0.15, 0.2) is 24.3 Å². The van der Waals surface area contributed by atoms with Gasteiger partial charge in [-0.3, -0.25) is 0 Å². The van der Waals surface area contributed by atoms with Crippen LogP contribution in [0.4, 0.5) is 0 Å². The maximum atomic E-state index is 13.4. The van der Waals surface area contributed by atoms with Crippen LogP contribution in [0.5, 0.6) is 0 Å². The minimum atomic E-state index is -1.18. The van der Waals surface area contributed by atoms with E-state index in [-0.39, 0.29) is 37.1 Å². The van der Waals surface area contributed by atoms with E-state index in [1.807, 2.05) is 0 Å². The summed E-state index contributed by atoms with van der Waals surface area (Å²) in [5.74, 6) is -1.10. The fourth-order valence-corrected chi connectivity index (χ4v) is 8.09. The fourth-order valence-electron chi connectivity index (χ4n) is 8.09. The normalized spacial score (nSPS) is 57.2. The summed E-state index contributed by atoms with van der Waals surface area (Å²) >= 11 is 0. The molecule has 5 aliphatic heterocycles. The number of carbonyl (C=O) groups excluding carboxylic acids is 2. The largest absolute Gasteiger partial charge is 0.463 e. The Morgan fingerprint density at radius 3 is 2.52 bits per heavy atom. The molecule has 0 aromatic carbocycles. The monoisotopic (exact) mass is 562 g/mol. The standard InChI is InChI=1S/C29H38O11/c1-15(30)16-7-5-6-8-20(32)37-18-11-19-29(14-36-29)27(18,4)28(10-9-25(2)21(39-25)22(28)38-19)13-35-24(33)23-26(3,40-23)17(31)12-34-16/h5-8,15-19,21-23,30-31H,9-14H2,1-4H3/b7-5-,8-6-/t15-,16+,17-,18+,19+,21-,22+,23+,25+,26+,27+,28+,29+/m0/s1. The summed E-state index contributed by atoms with van der Waals surface area (Å²) in [4.78, 5) is 26.4. The number of carbonyl (C=O) groups is 2. The van der Waals surface area contributed by atoms with Crippen LogP contribution in [0, 0.1) is 10.8 Å². The molecule has 7 aliphatic rings. The number of allylic oxidation sites excluding steroid dienone is 2. The number of esters is 2. The van der Waals surface area contributed by atoms with Crippen molar-refractivity contribution in [2.45, 2.75) is 113 Å². The van der Waals surface area contributed by atoms with Gasteiger partial charge in [-0.1, -0.05) is 25.2 Å². The van der Waals surface area contributed by atoms with E-state index < -0.39 is 64.5 Å². The minimum Gasteiger partial charge on any atom is -0.463 e. The van der Waals surface area contributed by atoms with Gasteiger partial charge in [0.2, 0.25) is 0 Å². The van der Waals surface area contributed by atoms with Crippen LogP contribution < -0.4 is 0 Å². The molecule has 11 heteroatoms. The number of aliphatic hydroxyl groups excluding tert-OH is 2. The lowest BCUT2D eigenvalue weighted by atomic mass is 9.50. The summed E-state index contributed by atoms with van der Waals surface area (Å²) in [6.45, 7) is 7.67. The average molecular weight is 563 g/mol. The van der Waals surface area contributed by atoms with Crippen molar-refractivity contribution in [1.82, 2.24) is 0 Å². The molecule has 0 amide bonds. The Bertz CT molecular complexity index is 1160. The second kappa shape index (κ2) is 8.59. The summed E-state index contributed by atoms with van der Waals surface area (Å²) in [7, 11) is 0. The van der Waals surface area contributed by atoms with Crippen molar-refractivity contribution < 1.29 is 53.0 Å². The number of cyclic esters (lactones) is 1. The lowest BCUT2D eigenvalue weighted by Gasteiger charge is -2.58. The predicted molar refractivity (Wildman–Crippen MR) is 135 cm³/mol. The molecule has 13 atom stereocenters. The Labute approximate surface area is 232 Å². The molecule has 5 heterocycles. The molecule has 2 saturated carbocycles. The van der Waals surface area contributed by atoms with Gasteiger partial charge in [-0.25, -0.2) is 9.59 Å². The van der Waals surface area contributed by atoms with E-state index >= 15 is 0 Å². The molecule has 0 aromatic heterocycles. The molecule has 2 bridgehead atoms. The second-order valence-corrected chi connectivity index (χ2v) is 13.2. The Hall–Kier alpha value is -1.86. The molecule has 0 unspecified atom stereocenters. The van der Waals surface area contributed by atoms with Crippen molar-refractivity contribution >= 4 is 11.9 Å². The third kappa shape index (κ3) is 3.55. The van der Waals surface area contributed by atoms with E-state index in [1.165, 1.54) is 12.2 Å². The van der Waals surface area contributed by atoms with Gasteiger partial charge in [0.05, 0.1) is 42.5 Å². The highest BCUT2D eigenvalue weighted by Crippen LogP contribution is 2.75. The number of ether oxygens (including phenoxy) is 7. The maximum Gasteiger partial charge on any atom is 0.338 e. The van der Waals surface area contributed by atoms with E-state index in [0.29, 0.717) is 19.4 Å². The number of epoxide rings is 3. The van der Waals surface area contributed by atoms with Crippen molar-refractivity contribution in [3.8, 4) is 0 Å². The zero-order chi connectivity index (χ0) is 28.3. The molecule has 6 fully saturated rings. The molecule has 11 nitrogen and oxygen atoms in total. The van der Waals surface area contributed by atoms with Gasteiger partial charge in [0.25, 0.3) is 0 Å². The lowest BCUT2D eigenvalue weighted by molar-refractivity contribution is -0.251. The Morgan fingerprint density at radius 2 is 1.80 bits per heavy atom. The summed E-state index contributed by atoms with van der Waals surface area (Å²) in [5.41, 5.74) is -3.54.